The summed E-state index contributed by atoms with van der Waals surface area (Å²) >= 11 is 0. The van der Waals surface area contributed by atoms with Crippen molar-refractivity contribution < 1.29 is 4.74 Å². The van der Waals surface area contributed by atoms with Gasteiger partial charge in [0.15, 0.2) is 0 Å². The lowest BCUT2D eigenvalue weighted by Crippen LogP contribution is -1.95. The summed E-state index contributed by atoms with van der Waals surface area (Å²) in [4.78, 5) is 12.0. The van der Waals surface area contributed by atoms with E-state index in [9.17, 15) is 0 Å². The number of hydrogen-bond acceptors (Lipinski definition) is 4. The Kier molecular flexibility index (Phi) is 2.75. The van der Waals surface area contributed by atoms with Crippen LogP contribution in [0.1, 0.15) is 0 Å². The number of pyridine rings is 1. The Hall–Kier alpha value is -3.02. The minimum atomic E-state index is 0.747. The van der Waals surface area contributed by atoms with Gasteiger partial charge in [-0.2, -0.15) is 0 Å². The van der Waals surface area contributed by atoms with E-state index in [4.69, 9.17) is 4.74 Å². The van der Waals surface area contributed by atoms with Crippen LogP contribution in [-0.2, 0) is 7.05 Å². The normalized spacial score (nSPS) is 11.2. The fraction of sp³-hybridized carbons (Fsp3) is 0.125. The monoisotopic (exact) mass is 293 g/mol. The van der Waals surface area contributed by atoms with E-state index >= 15 is 0 Å². The maximum absolute atomic E-state index is 5.33. The van der Waals surface area contributed by atoms with Crippen molar-refractivity contribution in [1.82, 2.24) is 19.5 Å². The maximum Gasteiger partial charge on any atom is 0.145 e. The summed E-state index contributed by atoms with van der Waals surface area (Å²) < 4.78 is 7.34. The van der Waals surface area contributed by atoms with Crippen molar-refractivity contribution in [3.63, 3.8) is 0 Å². The molecule has 0 bridgehead atoms. The molecule has 0 saturated carbocycles. The number of imidazole rings is 1. The van der Waals surface area contributed by atoms with Gasteiger partial charge in [-0.05, 0) is 12.1 Å². The molecule has 4 rings (SSSR count). The molecule has 0 amide bonds. The number of H-pyrrole nitrogens is 1. The number of anilines is 2. The molecule has 6 nitrogen and oxygen atoms in total. The Balaban J connectivity index is 1.81. The largest absolute Gasteiger partial charge is 0.494 e. The average Bonchev–Trinajstić information content (AvgIpc) is 3.11. The van der Waals surface area contributed by atoms with Gasteiger partial charge in [0.2, 0.25) is 0 Å². The molecule has 0 radical (unpaired) electrons. The van der Waals surface area contributed by atoms with Gasteiger partial charge in [0, 0.05) is 24.7 Å². The van der Waals surface area contributed by atoms with E-state index in [2.05, 4.69) is 38.5 Å². The molecule has 0 unspecified atom stereocenters. The van der Waals surface area contributed by atoms with Crippen molar-refractivity contribution in [3.8, 4) is 5.75 Å². The number of aryl methyl sites for hydroxylation is 1. The molecule has 22 heavy (non-hydrogen) atoms. The quantitative estimate of drug-likeness (QED) is 0.608. The number of rotatable bonds is 3. The molecule has 110 valence electrons. The number of hydrogen-bond donors (Lipinski definition) is 2. The summed E-state index contributed by atoms with van der Waals surface area (Å²) in [6.45, 7) is 0. The number of fused-ring (bicyclic) bond motifs is 3. The van der Waals surface area contributed by atoms with Crippen LogP contribution in [0.25, 0.3) is 21.9 Å². The molecule has 1 aromatic carbocycles. The van der Waals surface area contributed by atoms with Crippen molar-refractivity contribution in [1.29, 1.82) is 0 Å². The number of nitrogens with zero attached hydrogens (tertiary/aromatic N) is 3. The van der Waals surface area contributed by atoms with Crippen LogP contribution in [0.15, 0.2) is 43.0 Å². The van der Waals surface area contributed by atoms with Crippen LogP contribution in [0, 0.1) is 0 Å². The number of methoxy groups -OCH3 is 1. The smallest absolute Gasteiger partial charge is 0.145 e. The summed E-state index contributed by atoms with van der Waals surface area (Å²) in [6.07, 6.45) is 5.26. The molecule has 0 aliphatic carbocycles. The van der Waals surface area contributed by atoms with E-state index < -0.39 is 0 Å². The highest BCUT2D eigenvalue weighted by atomic mass is 16.5. The van der Waals surface area contributed by atoms with Crippen molar-refractivity contribution in [3.05, 3.63) is 43.0 Å². The van der Waals surface area contributed by atoms with Gasteiger partial charge in [0.05, 0.1) is 30.7 Å². The van der Waals surface area contributed by atoms with Gasteiger partial charge in [-0.3, -0.25) is 4.98 Å². The lowest BCUT2D eigenvalue weighted by Gasteiger charge is -2.08. The van der Waals surface area contributed by atoms with Crippen LogP contribution >= 0.6 is 0 Å². The van der Waals surface area contributed by atoms with Crippen molar-refractivity contribution >= 4 is 33.4 Å². The van der Waals surface area contributed by atoms with E-state index in [1.54, 1.807) is 19.5 Å². The topological polar surface area (TPSA) is 67.8 Å². The Morgan fingerprint density at radius 2 is 2.18 bits per heavy atom. The van der Waals surface area contributed by atoms with Gasteiger partial charge >= 0.3 is 0 Å². The van der Waals surface area contributed by atoms with Crippen molar-refractivity contribution in [2.75, 3.05) is 12.4 Å². The van der Waals surface area contributed by atoms with E-state index in [1.807, 2.05) is 24.0 Å². The highest BCUT2D eigenvalue weighted by Gasteiger charge is 2.10. The second-order valence-electron chi connectivity index (χ2n) is 5.14. The molecule has 2 N–H and O–H groups in total. The number of aromatic amines is 1. The van der Waals surface area contributed by atoms with Gasteiger partial charge in [-0.25, -0.2) is 4.98 Å². The number of ether oxygens (including phenoxy) is 1. The lowest BCUT2D eigenvalue weighted by molar-refractivity contribution is 0.416. The molecule has 3 heterocycles. The second-order valence-corrected chi connectivity index (χ2v) is 5.14. The van der Waals surface area contributed by atoms with E-state index in [1.165, 1.54) is 0 Å². The first kappa shape index (κ1) is 12.7. The number of benzene rings is 1. The first-order valence-electron chi connectivity index (χ1n) is 6.94. The molecule has 0 spiro atoms. The third-order valence-electron chi connectivity index (χ3n) is 3.76. The first-order valence-corrected chi connectivity index (χ1v) is 6.94. The Morgan fingerprint density at radius 1 is 1.27 bits per heavy atom. The van der Waals surface area contributed by atoms with Crippen LogP contribution in [-0.4, -0.2) is 26.6 Å². The molecule has 6 heteroatoms. The maximum atomic E-state index is 5.33. The van der Waals surface area contributed by atoms with Crippen molar-refractivity contribution in [2.24, 2.45) is 7.05 Å². The van der Waals surface area contributed by atoms with E-state index in [0.717, 1.165) is 39.2 Å². The number of aromatic nitrogens is 4. The van der Waals surface area contributed by atoms with E-state index in [0.29, 0.717) is 0 Å². The minimum absolute atomic E-state index is 0.747. The molecular weight excluding hydrogens is 278 g/mol. The van der Waals surface area contributed by atoms with Gasteiger partial charge in [0.1, 0.15) is 22.8 Å². The zero-order valence-electron chi connectivity index (χ0n) is 12.3. The highest BCUT2D eigenvalue weighted by molar-refractivity contribution is 6.03. The predicted molar refractivity (Wildman–Crippen MR) is 86.6 cm³/mol. The number of nitrogens with one attached hydrogen (secondary N) is 2. The van der Waals surface area contributed by atoms with Crippen molar-refractivity contribution in [2.45, 2.75) is 0 Å². The molecule has 0 aliphatic heterocycles. The third-order valence-corrected chi connectivity index (χ3v) is 3.76. The molecule has 0 atom stereocenters. The summed E-state index contributed by atoms with van der Waals surface area (Å²) in [5.41, 5.74) is 3.89. The Labute approximate surface area is 126 Å². The van der Waals surface area contributed by atoms with Gasteiger partial charge in [-0.15, -0.1) is 0 Å². The molecule has 0 fully saturated rings. The SMILES string of the molecule is COc1ccncc1Nc1cc2ccc3c(ncn3C)c2[nH]1. The zero-order chi connectivity index (χ0) is 15.1. The van der Waals surface area contributed by atoms with Crippen LogP contribution in [0.5, 0.6) is 5.75 Å². The fourth-order valence-electron chi connectivity index (χ4n) is 2.66. The van der Waals surface area contributed by atoms with Crippen LogP contribution < -0.4 is 10.1 Å². The van der Waals surface area contributed by atoms with Crippen LogP contribution in [0.4, 0.5) is 11.5 Å². The third kappa shape index (κ3) is 1.88. The van der Waals surface area contributed by atoms with Gasteiger partial charge in [0.25, 0.3) is 0 Å². The van der Waals surface area contributed by atoms with Crippen LogP contribution in [0.2, 0.25) is 0 Å². The summed E-state index contributed by atoms with van der Waals surface area (Å²) in [5, 5.41) is 4.41. The summed E-state index contributed by atoms with van der Waals surface area (Å²) in [7, 11) is 3.63. The Morgan fingerprint density at radius 3 is 3.05 bits per heavy atom. The lowest BCUT2D eigenvalue weighted by atomic mass is 10.2. The molecule has 3 aromatic heterocycles. The summed E-state index contributed by atoms with van der Waals surface area (Å²) in [6, 6.07) is 8.03. The molecular formula is C16H15N5O. The summed E-state index contributed by atoms with van der Waals surface area (Å²) in [5.74, 6) is 1.62. The molecule has 0 aliphatic rings. The first-order chi connectivity index (χ1) is 10.8. The van der Waals surface area contributed by atoms with Crippen LogP contribution in [0.3, 0.4) is 0 Å². The van der Waals surface area contributed by atoms with Gasteiger partial charge < -0.3 is 19.6 Å². The zero-order valence-corrected chi connectivity index (χ0v) is 12.3. The minimum Gasteiger partial charge on any atom is -0.494 e. The highest BCUT2D eigenvalue weighted by Crippen LogP contribution is 2.30. The average molecular weight is 293 g/mol. The predicted octanol–water partition coefficient (Wildman–Crippen LogP) is 3.20. The standard InChI is InChI=1S/C16H15N5O/c1-21-9-18-16-12(21)4-3-10-7-14(20-15(10)16)19-11-8-17-6-5-13(11)22-2/h3-9,19-20H,1-2H3. The fourth-order valence-corrected chi connectivity index (χ4v) is 2.66. The second kappa shape index (κ2) is 4.77. The van der Waals surface area contributed by atoms with E-state index in [-0.39, 0.29) is 0 Å². The molecule has 0 saturated heterocycles. The van der Waals surface area contributed by atoms with Gasteiger partial charge in [-0.1, -0.05) is 6.07 Å². The Bertz CT molecular complexity index is 969. The molecule has 4 aromatic rings.